The van der Waals surface area contributed by atoms with E-state index in [9.17, 15) is 0 Å². The highest BCUT2D eigenvalue weighted by atomic mass is 14.2. The largest absolute Gasteiger partial charge is 0.0616 e. The molecular formula is C28H16. The second kappa shape index (κ2) is 4.99. The van der Waals surface area contributed by atoms with Crippen LogP contribution in [0.2, 0.25) is 0 Å². The Morgan fingerprint density at radius 1 is 0.286 bits per heavy atom. The summed E-state index contributed by atoms with van der Waals surface area (Å²) in [5.41, 5.74) is 0. The summed E-state index contributed by atoms with van der Waals surface area (Å²) in [6.45, 7) is 0. The van der Waals surface area contributed by atoms with Gasteiger partial charge in [0.15, 0.2) is 0 Å². The van der Waals surface area contributed by atoms with Crippen molar-refractivity contribution in [3.63, 3.8) is 0 Å². The van der Waals surface area contributed by atoms with E-state index >= 15 is 0 Å². The first-order chi connectivity index (χ1) is 13.9. The van der Waals surface area contributed by atoms with E-state index in [-0.39, 0.29) is 0 Å². The molecule has 0 heteroatoms. The van der Waals surface area contributed by atoms with Crippen LogP contribution in [0, 0.1) is 0 Å². The molecule has 0 aliphatic carbocycles. The monoisotopic (exact) mass is 352 g/mol. The van der Waals surface area contributed by atoms with Crippen LogP contribution in [0.5, 0.6) is 0 Å². The van der Waals surface area contributed by atoms with Gasteiger partial charge < -0.3 is 0 Å². The normalized spacial score (nSPS) is 12.3. The molecule has 28 heavy (non-hydrogen) atoms. The third-order valence-corrected chi connectivity index (χ3v) is 6.32. The van der Waals surface area contributed by atoms with Crippen LogP contribution in [0.1, 0.15) is 0 Å². The number of rotatable bonds is 0. The molecule has 0 aromatic heterocycles. The number of hydrogen-bond donors (Lipinski definition) is 0. The second-order valence-electron chi connectivity index (χ2n) is 7.78. The highest BCUT2D eigenvalue weighted by Crippen LogP contribution is 2.41. The van der Waals surface area contributed by atoms with Gasteiger partial charge in [-0.3, -0.25) is 0 Å². The van der Waals surface area contributed by atoms with Crippen molar-refractivity contribution in [3.05, 3.63) is 97.1 Å². The van der Waals surface area contributed by atoms with Gasteiger partial charge in [-0.1, -0.05) is 78.9 Å². The van der Waals surface area contributed by atoms with Crippen LogP contribution >= 0.6 is 0 Å². The van der Waals surface area contributed by atoms with E-state index in [4.69, 9.17) is 0 Å². The van der Waals surface area contributed by atoms with Crippen molar-refractivity contribution in [1.29, 1.82) is 0 Å². The highest BCUT2D eigenvalue weighted by Gasteiger charge is 2.13. The average Bonchev–Trinajstić information content (AvgIpc) is 2.75. The topological polar surface area (TPSA) is 0 Å². The van der Waals surface area contributed by atoms with E-state index in [0.717, 1.165) is 0 Å². The lowest BCUT2D eigenvalue weighted by molar-refractivity contribution is 1.79. The lowest BCUT2D eigenvalue weighted by Gasteiger charge is -2.15. The third kappa shape index (κ3) is 1.70. The van der Waals surface area contributed by atoms with Crippen LogP contribution in [0.15, 0.2) is 97.1 Å². The minimum Gasteiger partial charge on any atom is -0.0616 e. The fourth-order valence-electron chi connectivity index (χ4n) is 5.16. The molecule has 0 amide bonds. The zero-order valence-electron chi connectivity index (χ0n) is 15.2. The zero-order valence-corrected chi connectivity index (χ0v) is 15.2. The van der Waals surface area contributed by atoms with Crippen LogP contribution in [-0.4, -0.2) is 0 Å². The Hall–Kier alpha value is -3.64. The molecule has 0 unspecified atom stereocenters. The first-order valence-corrected chi connectivity index (χ1v) is 9.79. The maximum atomic E-state index is 2.40. The molecule has 0 saturated carbocycles. The highest BCUT2D eigenvalue weighted by molar-refractivity contribution is 6.32. The molecule has 7 aromatic carbocycles. The first kappa shape index (κ1) is 14.4. The van der Waals surface area contributed by atoms with Gasteiger partial charge in [0.1, 0.15) is 0 Å². The third-order valence-electron chi connectivity index (χ3n) is 6.32. The van der Waals surface area contributed by atoms with Gasteiger partial charge in [-0.25, -0.2) is 0 Å². The van der Waals surface area contributed by atoms with E-state index in [1.165, 1.54) is 64.6 Å². The van der Waals surface area contributed by atoms with Crippen molar-refractivity contribution in [2.45, 2.75) is 0 Å². The molecule has 0 atom stereocenters. The van der Waals surface area contributed by atoms with Crippen molar-refractivity contribution in [1.82, 2.24) is 0 Å². The van der Waals surface area contributed by atoms with Crippen molar-refractivity contribution in [2.24, 2.45) is 0 Å². The van der Waals surface area contributed by atoms with Gasteiger partial charge >= 0.3 is 0 Å². The molecular weight excluding hydrogens is 336 g/mol. The quantitative estimate of drug-likeness (QED) is 0.191. The zero-order chi connectivity index (χ0) is 18.2. The molecule has 0 N–H and O–H groups in total. The average molecular weight is 352 g/mol. The summed E-state index contributed by atoms with van der Waals surface area (Å²) in [4.78, 5) is 0. The second-order valence-corrected chi connectivity index (χ2v) is 7.78. The molecule has 0 fully saturated rings. The fraction of sp³-hybridized carbons (Fsp3) is 0. The van der Waals surface area contributed by atoms with E-state index in [1.54, 1.807) is 0 Å². The summed E-state index contributed by atoms with van der Waals surface area (Å²) in [7, 11) is 0. The van der Waals surface area contributed by atoms with Crippen LogP contribution in [0.25, 0.3) is 64.6 Å². The van der Waals surface area contributed by atoms with Crippen molar-refractivity contribution in [2.75, 3.05) is 0 Å². The van der Waals surface area contributed by atoms with Gasteiger partial charge in [0.2, 0.25) is 0 Å². The van der Waals surface area contributed by atoms with E-state index in [2.05, 4.69) is 97.1 Å². The maximum absolute atomic E-state index is 2.40. The molecule has 0 spiro atoms. The Balaban J connectivity index is 1.85. The standard InChI is InChI=1S/C28H16/c1-2-10-21-18(6-1)14-20-16-26-23-11-4-8-17-7-3-9-19(27(17)23)15-25(26)24-13-5-12-22(21)28(20)24/h1-16H. The van der Waals surface area contributed by atoms with Crippen LogP contribution in [0.3, 0.4) is 0 Å². The van der Waals surface area contributed by atoms with Crippen molar-refractivity contribution >= 4 is 64.6 Å². The predicted octanol–water partition coefficient (Wildman–Crippen LogP) is 8.04. The van der Waals surface area contributed by atoms with Crippen molar-refractivity contribution in [3.8, 4) is 0 Å². The number of fused-ring (bicyclic) bond motifs is 5. The summed E-state index contributed by atoms with van der Waals surface area (Å²) in [5.74, 6) is 0. The summed E-state index contributed by atoms with van der Waals surface area (Å²) >= 11 is 0. The van der Waals surface area contributed by atoms with Crippen LogP contribution in [0.4, 0.5) is 0 Å². The lowest BCUT2D eigenvalue weighted by atomic mass is 9.88. The van der Waals surface area contributed by atoms with E-state index in [0.29, 0.717) is 0 Å². The Bertz CT molecular complexity index is 1700. The first-order valence-electron chi connectivity index (χ1n) is 9.79. The summed E-state index contributed by atoms with van der Waals surface area (Å²) in [6, 6.07) is 35.9. The lowest BCUT2D eigenvalue weighted by Crippen LogP contribution is -1.87. The molecule has 0 bridgehead atoms. The van der Waals surface area contributed by atoms with E-state index in [1.807, 2.05) is 0 Å². The molecule has 0 aliphatic heterocycles. The van der Waals surface area contributed by atoms with Gasteiger partial charge in [-0.2, -0.15) is 0 Å². The van der Waals surface area contributed by atoms with Gasteiger partial charge in [0.05, 0.1) is 0 Å². The Morgan fingerprint density at radius 2 is 0.821 bits per heavy atom. The van der Waals surface area contributed by atoms with E-state index < -0.39 is 0 Å². The van der Waals surface area contributed by atoms with Crippen LogP contribution in [-0.2, 0) is 0 Å². The molecule has 7 aromatic rings. The summed E-state index contributed by atoms with van der Waals surface area (Å²) in [6.07, 6.45) is 0. The summed E-state index contributed by atoms with van der Waals surface area (Å²) in [5, 5.41) is 16.1. The molecule has 128 valence electrons. The molecule has 0 nitrogen and oxygen atoms in total. The maximum Gasteiger partial charge on any atom is -0.00259 e. The molecule has 0 heterocycles. The number of benzene rings is 7. The Morgan fingerprint density at radius 3 is 1.68 bits per heavy atom. The van der Waals surface area contributed by atoms with Crippen LogP contribution < -0.4 is 0 Å². The molecule has 0 aliphatic rings. The summed E-state index contributed by atoms with van der Waals surface area (Å²) < 4.78 is 0. The van der Waals surface area contributed by atoms with Gasteiger partial charge in [0, 0.05) is 0 Å². The molecule has 0 saturated heterocycles. The van der Waals surface area contributed by atoms with Crippen molar-refractivity contribution < 1.29 is 0 Å². The van der Waals surface area contributed by atoms with Gasteiger partial charge in [0.25, 0.3) is 0 Å². The Labute approximate surface area is 162 Å². The smallest absolute Gasteiger partial charge is 0.00259 e. The minimum absolute atomic E-state index is 1.31. The molecule has 0 radical (unpaired) electrons. The van der Waals surface area contributed by atoms with Gasteiger partial charge in [-0.05, 0) is 82.8 Å². The minimum atomic E-state index is 1.31. The SMILES string of the molecule is c1ccc2c(c1)cc1cc3c(cc4cccc5cccc3c54)c3cccc2c13. The molecule has 7 rings (SSSR count). The fourth-order valence-corrected chi connectivity index (χ4v) is 5.16. The Kier molecular flexibility index (Phi) is 2.57. The van der Waals surface area contributed by atoms with Gasteiger partial charge in [-0.15, -0.1) is 0 Å². The predicted molar refractivity (Wildman–Crippen MR) is 123 cm³/mol. The number of hydrogen-bond acceptors (Lipinski definition) is 0.